The molecule has 0 spiro atoms. The molecule has 1 heterocycles. The molecule has 0 amide bonds. The monoisotopic (exact) mass is 283 g/mol. The van der Waals surface area contributed by atoms with E-state index in [1.807, 2.05) is 18.2 Å². The van der Waals surface area contributed by atoms with E-state index in [-0.39, 0.29) is 5.54 Å². The first-order chi connectivity index (χ1) is 9.74. The highest BCUT2D eigenvalue weighted by Crippen LogP contribution is 2.25. The summed E-state index contributed by atoms with van der Waals surface area (Å²) in [6.07, 6.45) is 0. The van der Waals surface area contributed by atoms with Gasteiger partial charge in [0.25, 0.3) is 0 Å². The maximum atomic E-state index is 4.71. The molecule has 112 valence electrons. The van der Waals surface area contributed by atoms with Crippen LogP contribution in [0.15, 0.2) is 36.4 Å². The second-order valence-electron chi connectivity index (χ2n) is 6.66. The number of nitrogens with one attached hydrogen (secondary N) is 1. The summed E-state index contributed by atoms with van der Waals surface area (Å²) in [7, 11) is 2.05. The van der Waals surface area contributed by atoms with Crippen molar-refractivity contribution in [1.82, 2.24) is 4.98 Å². The van der Waals surface area contributed by atoms with E-state index < -0.39 is 0 Å². The van der Waals surface area contributed by atoms with E-state index in [9.17, 15) is 0 Å². The molecule has 0 aliphatic rings. The van der Waals surface area contributed by atoms with Crippen molar-refractivity contribution in [2.75, 3.05) is 17.3 Å². The van der Waals surface area contributed by atoms with Crippen LogP contribution in [-0.2, 0) is 0 Å². The van der Waals surface area contributed by atoms with Crippen LogP contribution in [0.3, 0.4) is 0 Å². The first kappa shape index (κ1) is 15.4. The third-order valence-electron chi connectivity index (χ3n) is 3.17. The van der Waals surface area contributed by atoms with Gasteiger partial charge in [-0.2, -0.15) is 0 Å². The molecule has 1 N–H and O–H groups in total. The quantitative estimate of drug-likeness (QED) is 0.886. The number of benzene rings is 1. The summed E-state index contributed by atoms with van der Waals surface area (Å²) in [5.41, 5.74) is 3.69. The van der Waals surface area contributed by atoms with Gasteiger partial charge in [0.1, 0.15) is 11.6 Å². The Balaban J connectivity index is 2.30. The smallest absolute Gasteiger partial charge is 0.135 e. The van der Waals surface area contributed by atoms with Crippen LogP contribution in [0.25, 0.3) is 0 Å². The van der Waals surface area contributed by atoms with Gasteiger partial charge in [-0.05, 0) is 70.0 Å². The summed E-state index contributed by atoms with van der Waals surface area (Å²) in [4.78, 5) is 6.83. The van der Waals surface area contributed by atoms with Crippen molar-refractivity contribution in [2.24, 2.45) is 0 Å². The molecule has 0 aliphatic carbocycles. The Bertz CT molecular complexity index is 606. The Morgan fingerprint density at radius 2 is 1.62 bits per heavy atom. The van der Waals surface area contributed by atoms with Crippen molar-refractivity contribution in [3.05, 3.63) is 47.5 Å². The van der Waals surface area contributed by atoms with E-state index in [4.69, 9.17) is 4.98 Å². The molecule has 1 aromatic heterocycles. The van der Waals surface area contributed by atoms with Gasteiger partial charge in [-0.15, -0.1) is 0 Å². The largest absolute Gasteiger partial charge is 0.365 e. The van der Waals surface area contributed by atoms with Gasteiger partial charge >= 0.3 is 0 Å². The predicted octanol–water partition coefficient (Wildman–Crippen LogP) is 4.68. The predicted molar refractivity (Wildman–Crippen MR) is 91.6 cm³/mol. The molecule has 0 fully saturated rings. The number of anilines is 3. The molecule has 3 nitrogen and oxygen atoms in total. The topological polar surface area (TPSA) is 28.2 Å². The fourth-order valence-corrected chi connectivity index (χ4v) is 2.34. The van der Waals surface area contributed by atoms with Gasteiger partial charge < -0.3 is 10.2 Å². The van der Waals surface area contributed by atoms with E-state index in [0.29, 0.717) is 0 Å². The molecule has 1 aromatic carbocycles. The lowest BCUT2D eigenvalue weighted by atomic mass is 10.1. The third-order valence-corrected chi connectivity index (χ3v) is 3.17. The minimum Gasteiger partial charge on any atom is -0.365 e. The van der Waals surface area contributed by atoms with Crippen molar-refractivity contribution in [2.45, 2.75) is 40.2 Å². The lowest BCUT2D eigenvalue weighted by Crippen LogP contribution is -2.27. The Kier molecular flexibility index (Phi) is 4.21. The Hall–Kier alpha value is -2.03. The summed E-state index contributed by atoms with van der Waals surface area (Å²) >= 11 is 0. The average Bonchev–Trinajstić information content (AvgIpc) is 2.35. The van der Waals surface area contributed by atoms with Gasteiger partial charge in [-0.1, -0.05) is 12.1 Å². The van der Waals surface area contributed by atoms with E-state index in [0.717, 1.165) is 17.3 Å². The van der Waals surface area contributed by atoms with Crippen LogP contribution in [0.2, 0.25) is 0 Å². The minimum absolute atomic E-state index is 0.00409. The molecule has 0 bridgehead atoms. The van der Waals surface area contributed by atoms with E-state index >= 15 is 0 Å². The fraction of sp³-hybridized carbons (Fsp3) is 0.389. The summed E-state index contributed by atoms with van der Waals surface area (Å²) in [5, 5.41) is 3.41. The summed E-state index contributed by atoms with van der Waals surface area (Å²) in [6.45, 7) is 10.6. The van der Waals surface area contributed by atoms with Gasteiger partial charge in [-0.25, -0.2) is 4.98 Å². The molecule has 21 heavy (non-hydrogen) atoms. The number of aromatic nitrogens is 1. The molecule has 0 aliphatic heterocycles. The SMILES string of the molecule is Cc1cc(C)cc(N(C)c2cccc(NC(C)(C)C)n2)c1. The van der Waals surface area contributed by atoms with Crippen LogP contribution < -0.4 is 10.2 Å². The third kappa shape index (κ3) is 4.22. The lowest BCUT2D eigenvalue weighted by Gasteiger charge is -2.24. The average molecular weight is 283 g/mol. The van der Waals surface area contributed by atoms with Gasteiger partial charge in [0.15, 0.2) is 0 Å². The van der Waals surface area contributed by atoms with Crippen molar-refractivity contribution >= 4 is 17.3 Å². The molecule has 2 rings (SSSR count). The Morgan fingerprint density at radius 3 is 2.19 bits per heavy atom. The molecule has 0 atom stereocenters. The van der Waals surface area contributed by atoms with Gasteiger partial charge in [0.05, 0.1) is 0 Å². The van der Waals surface area contributed by atoms with Gasteiger partial charge in [0.2, 0.25) is 0 Å². The first-order valence-corrected chi connectivity index (χ1v) is 7.32. The standard InChI is InChI=1S/C18H25N3/c1-13-10-14(2)12-15(11-13)21(6)17-9-7-8-16(19-17)20-18(3,4)5/h7-12H,1-6H3,(H,19,20). The highest BCUT2D eigenvalue weighted by Gasteiger charge is 2.12. The molecule has 0 saturated heterocycles. The number of aryl methyl sites for hydroxylation is 2. The molecule has 2 aromatic rings. The number of hydrogen-bond donors (Lipinski definition) is 1. The second-order valence-corrected chi connectivity index (χ2v) is 6.66. The molecule has 0 radical (unpaired) electrons. The van der Waals surface area contributed by atoms with Crippen molar-refractivity contribution < 1.29 is 0 Å². The molecule has 3 heteroatoms. The van der Waals surface area contributed by atoms with Crippen molar-refractivity contribution in [3.8, 4) is 0 Å². The summed E-state index contributed by atoms with van der Waals surface area (Å²) in [6, 6.07) is 12.6. The highest BCUT2D eigenvalue weighted by atomic mass is 15.2. The Labute approximate surface area is 128 Å². The van der Waals surface area contributed by atoms with Crippen molar-refractivity contribution in [3.63, 3.8) is 0 Å². The van der Waals surface area contributed by atoms with Crippen LogP contribution in [0.5, 0.6) is 0 Å². The van der Waals surface area contributed by atoms with Crippen LogP contribution in [0, 0.1) is 13.8 Å². The fourth-order valence-electron chi connectivity index (χ4n) is 2.34. The number of pyridine rings is 1. The zero-order valence-corrected chi connectivity index (χ0v) is 13.9. The maximum Gasteiger partial charge on any atom is 0.135 e. The molecular weight excluding hydrogens is 258 g/mol. The number of hydrogen-bond acceptors (Lipinski definition) is 3. The zero-order chi connectivity index (χ0) is 15.6. The number of nitrogens with zero attached hydrogens (tertiary/aromatic N) is 2. The van der Waals surface area contributed by atoms with Gasteiger partial charge in [0, 0.05) is 18.3 Å². The molecule has 0 saturated carbocycles. The highest BCUT2D eigenvalue weighted by molar-refractivity contribution is 5.62. The zero-order valence-electron chi connectivity index (χ0n) is 13.9. The number of rotatable bonds is 3. The van der Waals surface area contributed by atoms with Crippen LogP contribution in [-0.4, -0.2) is 17.6 Å². The van der Waals surface area contributed by atoms with E-state index in [2.05, 4.69) is 70.1 Å². The minimum atomic E-state index is 0.00409. The first-order valence-electron chi connectivity index (χ1n) is 7.32. The second kappa shape index (κ2) is 5.76. The summed E-state index contributed by atoms with van der Waals surface area (Å²) < 4.78 is 0. The van der Waals surface area contributed by atoms with Crippen LogP contribution in [0.1, 0.15) is 31.9 Å². The van der Waals surface area contributed by atoms with Crippen LogP contribution >= 0.6 is 0 Å². The van der Waals surface area contributed by atoms with Crippen molar-refractivity contribution in [1.29, 1.82) is 0 Å². The summed E-state index contributed by atoms with van der Waals surface area (Å²) in [5.74, 6) is 1.84. The Morgan fingerprint density at radius 1 is 1.00 bits per heavy atom. The lowest BCUT2D eigenvalue weighted by molar-refractivity contribution is 0.630. The normalized spacial score (nSPS) is 11.3. The molecular formula is C18H25N3. The molecule has 0 unspecified atom stereocenters. The van der Waals surface area contributed by atoms with E-state index in [1.54, 1.807) is 0 Å². The van der Waals surface area contributed by atoms with Gasteiger partial charge in [-0.3, -0.25) is 0 Å². The van der Waals surface area contributed by atoms with E-state index in [1.165, 1.54) is 11.1 Å². The van der Waals surface area contributed by atoms with Crippen LogP contribution in [0.4, 0.5) is 17.3 Å². The maximum absolute atomic E-state index is 4.71.